The van der Waals surface area contributed by atoms with Crippen molar-refractivity contribution in [3.8, 4) is 0 Å². The third kappa shape index (κ3) is 5.06. The number of amides is 2. The molecule has 0 saturated heterocycles. The molecule has 1 saturated carbocycles. The van der Waals surface area contributed by atoms with Gasteiger partial charge in [-0.1, -0.05) is 19.1 Å². The molecule has 1 aliphatic rings. The topological polar surface area (TPSA) is 84.2 Å². The minimum absolute atomic E-state index is 0. The number of rotatable bonds is 7. The summed E-state index contributed by atoms with van der Waals surface area (Å²) in [7, 11) is 0. The lowest BCUT2D eigenvalue weighted by atomic mass is 10.1. The number of halogens is 1. The van der Waals surface area contributed by atoms with Crippen LogP contribution in [0.3, 0.4) is 0 Å². The number of benzene rings is 1. The van der Waals surface area contributed by atoms with E-state index in [2.05, 4.69) is 17.6 Å². The molecule has 1 fully saturated rings. The first-order valence-corrected chi connectivity index (χ1v) is 9.48. The zero-order valence-electron chi connectivity index (χ0n) is 14.7. The number of carbonyl (C=O) groups excluding carboxylic acids is 2. The molecule has 3 rings (SSSR count). The predicted octanol–water partition coefficient (Wildman–Crippen LogP) is 3.45. The zero-order valence-corrected chi connectivity index (χ0v) is 16.3. The Kier molecular flexibility index (Phi) is 7.20. The minimum atomic E-state index is -0.214. The molecule has 0 radical (unpaired) electrons. The van der Waals surface area contributed by atoms with Gasteiger partial charge in [0.2, 0.25) is 0 Å². The number of nitrogens with one attached hydrogen (secondary N) is 2. The molecule has 0 spiro atoms. The summed E-state index contributed by atoms with van der Waals surface area (Å²) >= 11 is 1.34. The van der Waals surface area contributed by atoms with Crippen LogP contribution in [0.2, 0.25) is 0 Å². The van der Waals surface area contributed by atoms with Crippen molar-refractivity contribution in [2.75, 3.05) is 11.9 Å². The van der Waals surface area contributed by atoms with E-state index in [0.717, 1.165) is 19.3 Å². The van der Waals surface area contributed by atoms with Crippen LogP contribution in [0.1, 0.15) is 46.0 Å². The van der Waals surface area contributed by atoms with Crippen molar-refractivity contribution in [3.05, 3.63) is 52.4 Å². The van der Waals surface area contributed by atoms with Crippen molar-refractivity contribution in [1.29, 1.82) is 0 Å². The Hall–Kier alpha value is -1.89. The third-order valence-electron chi connectivity index (χ3n) is 4.49. The van der Waals surface area contributed by atoms with Gasteiger partial charge in [0, 0.05) is 18.2 Å². The summed E-state index contributed by atoms with van der Waals surface area (Å²) in [6.07, 6.45) is 3.22. The molecule has 4 N–H and O–H groups in total. The fourth-order valence-electron chi connectivity index (χ4n) is 2.65. The van der Waals surface area contributed by atoms with E-state index in [-0.39, 0.29) is 30.3 Å². The Balaban J connectivity index is 0.00000243. The van der Waals surface area contributed by atoms with Crippen molar-refractivity contribution in [1.82, 2.24) is 5.32 Å². The lowest BCUT2D eigenvalue weighted by molar-refractivity contribution is 0.0951. The van der Waals surface area contributed by atoms with Crippen LogP contribution >= 0.6 is 23.7 Å². The van der Waals surface area contributed by atoms with Crippen LogP contribution in [0.5, 0.6) is 0 Å². The molecule has 26 heavy (non-hydrogen) atoms. The summed E-state index contributed by atoms with van der Waals surface area (Å²) in [6, 6.07) is 9.22. The first-order chi connectivity index (χ1) is 12.1. The van der Waals surface area contributed by atoms with E-state index < -0.39 is 0 Å². The lowest BCUT2D eigenvalue weighted by Crippen LogP contribution is -2.38. The molecule has 2 aromatic rings. The van der Waals surface area contributed by atoms with Gasteiger partial charge in [-0.2, -0.15) is 0 Å². The van der Waals surface area contributed by atoms with Crippen LogP contribution < -0.4 is 16.4 Å². The van der Waals surface area contributed by atoms with Crippen LogP contribution in [0.4, 0.5) is 5.00 Å². The van der Waals surface area contributed by atoms with Crippen LogP contribution in [-0.4, -0.2) is 24.4 Å². The molecule has 0 bridgehead atoms. The average molecular weight is 394 g/mol. The van der Waals surface area contributed by atoms with Gasteiger partial charge in [0.15, 0.2) is 0 Å². The number of carbonyl (C=O) groups is 2. The first kappa shape index (κ1) is 20.4. The second-order valence-electron chi connectivity index (χ2n) is 6.38. The van der Waals surface area contributed by atoms with Gasteiger partial charge in [0.1, 0.15) is 5.00 Å². The maximum absolute atomic E-state index is 12.4. The van der Waals surface area contributed by atoms with Gasteiger partial charge in [-0.15, -0.1) is 23.7 Å². The van der Waals surface area contributed by atoms with E-state index in [1.54, 1.807) is 23.6 Å². The molecule has 5 nitrogen and oxygen atoms in total. The highest BCUT2D eigenvalue weighted by atomic mass is 35.5. The molecule has 2 amide bonds. The van der Waals surface area contributed by atoms with E-state index in [1.165, 1.54) is 16.9 Å². The minimum Gasteiger partial charge on any atom is -0.350 e. The normalized spacial score (nSPS) is 14.2. The quantitative estimate of drug-likeness (QED) is 0.673. The SMILES string of the molecule is CCc1ccc(C(=O)Nc2sccc2C(=O)NCC(N)C2CC2)cc1.Cl. The third-order valence-corrected chi connectivity index (χ3v) is 5.32. The van der Waals surface area contributed by atoms with Gasteiger partial charge >= 0.3 is 0 Å². The van der Waals surface area contributed by atoms with Crippen LogP contribution in [-0.2, 0) is 6.42 Å². The van der Waals surface area contributed by atoms with E-state index in [9.17, 15) is 9.59 Å². The van der Waals surface area contributed by atoms with Gasteiger partial charge in [0.05, 0.1) is 5.56 Å². The van der Waals surface area contributed by atoms with Gasteiger partial charge in [0.25, 0.3) is 11.8 Å². The van der Waals surface area contributed by atoms with Gasteiger partial charge in [-0.3, -0.25) is 9.59 Å². The largest absolute Gasteiger partial charge is 0.350 e. The Morgan fingerprint density at radius 3 is 2.50 bits per heavy atom. The second-order valence-corrected chi connectivity index (χ2v) is 7.30. The molecule has 1 atom stereocenters. The van der Waals surface area contributed by atoms with Crippen molar-refractivity contribution >= 4 is 40.6 Å². The Morgan fingerprint density at radius 1 is 1.19 bits per heavy atom. The highest BCUT2D eigenvalue weighted by Gasteiger charge is 2.28. The Bertz CT molecular complexity index is 756. The molecular weight excluding hydrogens is 370 g/mol. The highest BCUT2D eigenvalue weighted by Crippen LogP contribution is 2.31. The molecule has 1 unspecified atom stereocenters. The first-order valence-electron chi connectivity index (χ1n) is 8.60. The number of hydrogen-bond donors (Lipinski definition) is 3. The van der Waals surface area contributed by atoms with Gasteiger partial charge < -0.3 is 16.4 Å². The number of nitrogens with two attached hydrogens (primary N) is 1. The summed E-state index contributed by atoms with van der Waals surface area (Å²) in [4.78, 5) is 24.8. The molecular formula is C19H24ClN3O2S. The molecule has 1 heterocycles. The van der Waals surface area contributed by atoms with Gasteiger partial charge in [-0.25, -0.2) is 0 Å². The standard InChI is InChI=1S/C19H23N3O2S.ClH/c1-2-12-3-5-14(6-4-12)17(23)22-19-15(9-10-25-19)18(24)21-11-16(20)13-7-8-13;/h3-6,9-10,13,16H,2,7-8,11,20H2,1H3,(H,21,24)(H,22,23);1H. The zero-order chi connectivity index (χ0) is 17.8. The molecule has 0 aliphatic heterocycles. The highest BCUT2D eigenvalue weighted by molar-refractivity contribution is 7.14. The molecule has 7 heteroatoms. The van der Waals surface area contributed by atoms with Crippen LogP contribution in [0.15, 0.2) is 35.7 Å². The fraction of sp³-hybridized carbons (Fsp3) is 0.368. The van der Waals surface area contributed by atoms with Gasteiger partial charge in [-0.05, 0) is 54.3 Å². The summed E-state index contributed by atoms with van der Waals surface area (Å²) in [5.74, 6) is 0.121. The molecule has 1 aromatic heterocycles. The summed E-state index contributed by atoms with van der Waals surface area (Å²) in [5.41, 5.74) is 8.25. The molecule has 1 aliphatic carbocycles. The number of thiophene rings is 1. The van der Waals surface area contributed by atoms with Crippen LogP contribution in [0, 0.1) is 5.92 Å². The number of hydrogen-bond acceptors (Lipinski definition) is 4. The maximum atomic E-state index is 12.4. The van der Waals surface area contributed by atoms with Crippen LogP contribution in [0.25, 0.3) is 0 Å². The number of aryl methyl sites for hydroxylation is 1. The predicted molar refractivity (Wildman–Crippen MR) is 108 cm³/mol. The van der Waals surface area contributed by atoms with Crippen molar-refractivity contribution in [3.63, 3.8) is 0 Å². The van der Waals surface area contributed by atoms with Crippen molar-refractivity contribution < 1.29 is 9.59 Å². The van der Waals surface area contributed by atoms with Crippen molar-refractivity contribution in [2.24, 2.45) is 11.7 Å². The van der Waals surface area contributed by atoms with E-state index in [1.807, 2.05) is 12.1 Å². The summed E-state index contributed by atoms with van der Waals surface area (Å²) < 4.78 is 0. The van der Waals surface area contributed by atoms with E-state index in [0.29, 0.717) is 28.6 Å². The maximum Gasteiger partial charge on any atom is 0.256 e. The Labute approximate surface area is 163 Å². The molecule has 140 valence electrons. The van der Waals surface area contributed by atoms with Crippen molar-refractivity contribution in [2.45, 2.75) is 32.2 Å². The monoisotopic (exact) mass is 393 g/mol. The summed E-state index contributed by atoms with van der Waals surface area (Å²) in [6.45, 7) is 2.53. The summed E-state index contributed by atoms with van der Waals surface area (Å²) in [5, 5.41) is 8.06. The van der Waals surface area contributed by atoms with E-state index >= 15 is 0 Å². The smallest absolute Gasteiger partial charge is 0.256 e. The van der Waals surface area contributed by atoms with E-state index in [4.69, 9.17) is 5.73 Å². The number of anilines is 1. The molecule has 1 aromatic carbocycles. The average Bonchev–Trinajstić information content (AvgIpc) is 3.39. The second kappa shape index (κ2) is 9.16. The lowest BCUT2D eigenvalue weighted by Gasteiger charge is -2.12. The Morgan fingerprint density at radius 2 is 1.88 bits per heavy atom. The fourth-order valence-corrected chi connectivity index (χ4v) is 3.43.